The van der Waals surface area contributed by atoms with Gasteiger partial charge in [0.15, 0.2) is 6.10 Å². The van der Waals surface area contributed by atoms with E-state index in [1.807, 2.05) is 25.1 Å². The average Bonchev–Trinajstić information content (AvgIpc) is 2.49. The van der Waals surface area contributed by atoms with E-state index in [1.54, 1.807) is 13.0 Å². The molecule has 0 fully saturated rings. The number of alkyl halides is 2. The molecule has 1 amide bonds. The second-order valence-electron chi connectivity index (χ2n) is 5.09. The number of ether oxygens (including phenoxy) is 2. The van der Waals surface area contributed by atoms with Crippen molar-refractivity contribution in [2.24, 2.45) is 0 Å². The van der Waals surface area contributed by atoms with Crippen LogP contribution in [0.1, 0.15) is 12.5 Å². The number of hydrogen-bond donors (Lipinski definition) is 1. The van der Waals surface area contributed by atoms with Gasteiger partial charge in [0.1, 0.15) is 11.5 Å². The molecule has 0 aliphatic rings. The van der Waals surface area contributed by atoms with Crippen LogP contribution in [0.3, 0.4) is 0 Å². The van der Waals surface area contributed by atoms with E-state index in [0.29, 0.717) is 11.4 Å². The molecule has 1 N–H and O–H groups in total. The van der Waals surface area contributed by atoms with E-state index >= 15 is 0 Å². The highest BCUT2D eigenvalue weighted by molar-refractivity contribution is 6.32. The first kappa shape index (κ1) is 18.0. The maximum atomic E-state index is 12.2. The van der Waals surface area contributed by atoms with Crippen LogP contribution in [0.25, 0.3) is 0 Å². The second-order valence-corrected chi connectivity index (χ2v) is 5.50. The molecule has 7 heteroatoms. The van der Waals surface area contributed by atoms with Crippen molar-refractivity contribution >= 4 is 23.2 Å². The lowest BCUT2D eigenvalue weighted by molar-refractivity contribution is -0.122. The van der Waals surface area contributed by atoms with Crippen molar-refractivity contribution in [3.05, 3.63) is 53.1 Å². The van der Waals surface area contributed by atoms with Crippen LogP contribution in [0.4, 0.5) is 14.5 Å². The van der Waals surface area contributed by atoms with Crippen molar-refractivity contribution in [3.63, 3.8) is 0 Å². The molecule has 2 aromatic rings. The maximum absolute atomic E-state index is 12.2. The summed E-state index contributed by atoms with van der Waals surface area (Å²) in [5.74, 6) is 0.0280. The predicted octanol–water partition coefficient (Wildman–Crippen LogP) is 4.66. The number of carbonyl (C=O) groups excluding carboxylic acids is 1. The predicted molar refractivity (Wildman–Crippen MR) is 88.0 cm³/mol. The minimum absolute atomic E-state index is 0.0274. The largest absolute Gasteiger partial charge is 0.481 e. The standard InChI is InChI=1S/C17H16ClF2NO3/c1-10-4-3-5-13(8-10)23-11(2)16(22)21-12-6-7-15(14(18)9-12)24-17(19)20/h3-9,11,17H,1-2H3,(H,21,22). The fourth-order valence-corrected chi connectivity index (χ4v) is 2.19. The molecular formula is C17H16ClF2NO3. The van der Waals surface area contributed by atoms with Crippen molar-refractivity contribution in [3.8, 4) is 11.5 Å². The molecule has 0 aliphatic carbocycles. The van der Waals surface area contributed by atoms with Gasteiger partial charge in [0.25, 0.3) is 5.91 Å². The topological polar surface area (TPSA) is 47.6 Å². The number of aryl methyl sites for hydroxylation is 1. The summed E-state index contributed by atoms with van der Waals surface area (Å²) < 4.78 is 34.2. The second kappa shape index (κ2) is 7.97. The summed E-state index contributed by atoms with van der Waals surface area (Å²) in [5.41, 5.74) is 1.37. The van der Waals surface area contributed by atoms with Gasteiger partial charge in [-0.25, -0.2) is 0 Å². The molecule has 0 saturated heterocycles. The third kappa shape index (κ3) is 5.09. The van der Waals surface area contributed by atoms with E-state index in [0.717, 1.165) is 5.56 Å². The molecule has 0 spiro atoms. The Bertz CT molecular complexity index is 725. The smallest absolute Gasteiger partial charge is 0.387 e. The third-order valence-corrected chi connectivity index (χ3v) is 3.38. The Kier molecular flexibility index (Phi) is 5.98. The maximum Gasteiger partial charge on any atom is 0.387 e. The first-order valence-corrected chi connectivity index (χ1v) is 7.51. The molecule has 2 aromatic carbocycles. The number of carbonyl (C=O) groups is 1. The van der Waals surface area contributed by atoms with Gasteiger partial charge in [0.2, 0.25) is 0 Å². The number of amides is 1. The van der Waals surface area contributed by atoms with E-state index in [4.69, 9.17) is 16.3 Å². The molecule has 4 nitrogen and oxygen atoms in total. The van der Waals surface area contributed by atoms with Crippen LogP contribution in [-0.2, 0) is 4.79 Å². The van der Waals surface area contributed by atoms with Crippen LogP contribution in [0.5, 0.6) is 11.5 Å². The highest BCUT2D eigenvalue weighted by Gasteiger charge is 2.16. The molecule has 1 atom stereocenters. The minimum Gasteiger partial charge on any atom is -0.481 e. The number of rotatable bonds is 6. The van der Waals surface area contributed by atoms with E-state index < -0.39 is 18.6 Å². The van der Waals surface area contributed by atoms with Crippen molar-refractivity contribution in [1.82, 2.24) is 0 Å². The SMILES string of the molecule is Cc1cccc(OC(C)C(=O)Nc2ccc(OC(F)F)c(Cl)c2)c1. The van der Waals surface area contributed by atoms with Gasteiger partial charge in [-0.1, -0.05) is 23.7 Å². The summed E-state index contributed by atoms with van der Waals surface area (Å²) in [4.78, 5) is 12.1. The van der Waals surface area contributed by atoms with Crippen molar-refractivity contribution in [1.29, 1.82) is 0 Å². The van der Waals surface area contributed by atoms with Crippen LogP contribution in [0.2, 0.25) is 5.02 Å². The van der Waals surface area contributed by atoms with Crippen molar-refractivity contribution in [2.45, 2.75) is 26.6 Å². The Morgan fingerprint density at radius 3 is 2.54 bits per heavy atom. The Morgan fingerprint density at radius 2 is 1.92 bits per heavy atom. The van der Waals surface area contributed by atoms with Gasteiger partial charge < -0.3 is 14.8 Å². The lowest BCUT2D eigenvalue weighted by Crippen LogP contribution is -2.30. The highest BCUT2D eigenvalue weighted by Crippen LogP contribution is 2.29. The van der Waals surface area contributed by atoms with Crippen LogP contribution < -0.4 is 14.8 Å². The zero-order chi connectivity index (χ0) is 17.7. The number of benzene rings is 2. The third-order valence-electron chi connectivity index (χ3n) is 3.09. The molecule has 0 radical (unpaired) electrons. The van der Waals surface area contributed by atoms with Crippen LogP contribution in [0.15, 0.2) is 42.5 Å². The van der Waals surface area contributed by atoms with E-state index in [9.17, 15) is 13.6 Å². The monoisotopic (exact) mass is 355 g/mol. The van der Waals surface area contributed by atoms with Gasteiger partial charge in [-0.3, -0.25) is 4.79 Å². The van der Waals surface area contributed by atoms with Gasteiger partial charge in [0.05, 0.1) is 5.02 Å². The van der Waals surface area contributed by atoms with E-state index in [-0.39, 0.29) is 10.8 Å². The Morgan fingerprint density at radius 1 is 1.17 bits per heavy atom. The molecule has 24 heavy (non-hydrogen) atoms. The van der Waals surface area contributed by atoms with Crippen molar-refractivity contribution < 1.29 is 23.0 Å². The summed E-state index contributed by atoms with van der Waals surface area (Å²) in [6.45, 7) is 0.557. The lowest BCUT2D eigenvalue weighted by atomic mass is 10.2. The average molecular weight is 356 g/mol. The summed E-state index contributed by atoms with van der Waals surface area (Å²) in [5, 5.41) is 2.58. The molecule has 0 aromatic heterocycles. The van der Waals surface area contributed by atoms with Crippen LogP contribution in [0, 0.1) is 6.92 Å². The van der Waals surface area contributed by atoms with Crippen molar-refractivity contribution in [2.75, 3.05) is 5.32 Å². The summed E-state index contributed by atoms with van der Waals surface area (Å²) in [6.07, 6.45) is -0.748. The van der Waals surface area contributed by atoms with Gasteiger partial charge in [0, 0.05) is 5.69 Å². The number of hydrogen-bond acceptors (Lipinski definition) is 3. The minimum atomic E-state index is -2.97. The van der Waals surface area contributed by atoms with Gasteiger partial charge in [-0.2, -0.15) is 8.78 Å². The lowest BCUT2D eigenvalue weighted by Gasteiger charge is -2.15. The molecule has 0 heterocycles. The van der Waals surface area contributed by atoms with E-state index in [2.05, 4.69) is 10.1 Å². The molecular weight excluding hydrogens is 340 g/mol. The molecule has 2 rings (SSSR count). The molecule has 0 saturated carbocycles. The molecule has 0 bridgehead atoms. The highest BCUT2D eigenvalue weighted by atomic mass is 35.5. The molecule has 1 unspecified atom stereocenters. The normalized spacial score (nSPS) is 11.9. The summed E-state index contributed by atoms with van der Waals surface area (Å²) >= 11 is 5.84. The molecule has 0 aliphatic heterocycles. The Hall–Kier alpha value is -2.34. The number of anilines is 1. The van der Waals surface area contributed by atoms with Gasteiger partial charge >= 0.3 is 6.61 Å². The van der Waals surface area contributed by atoms with Gasteiger partial charge in [-0.15, -0.1) is 0 Å². The Labute approximate surface area is 143 Å². The first-order chi connectivity index (χ1) is 11.3. The first-order valence-electron chi connectivity index (χ1n) is 7.13. The van der Waals surface area contributed by atoms with Crippen LogP contribution in [-0.4, -0.2) is 18.6 Å². The van der Waals surface area contributed by atoms with Gasteiger partial charge in [-0.05, 0) is 49.7 Å². The zero-order valence-corrected chi connectivity index (χ0v) is 13.8. The summed E-state index contributed by atoms with van der Waals surface area (Å²) in [6, 6.07) is 11.3. The summed E-state index contributed by atoms with van der Waals surface area (Å²) in [7, 11) is 0. The fraction of sp³-hybridized carbons (Fsp3) is 0.235. The molecule has 128 valence electrons. The fourth-order valence-electron chi connectivity index (χ4n) is 1.96. The van der Waals surface area contributed by atoms with Crippen LogP contribution >= 0.6 is 11.6 Å². The number of halogens is 3. The van der Waals surface area contributed by atoms with E-state index in [1.165, 1.54) is 18.2 Å². The Balaban J connectivity index is 1.99. The zero-order valence-electron chi connectivity index (χ0n) is 13.1. The number of nitrogens with one attached hydrogen (secondary N) is 1. The quantitative estimate of drug-likeness (QED) is 0.820.